The highest BCUT2D eigenvalue weighted by Crippen LogP contribution is 2.28. The minimum atomic E-state index is -3.47. The second-order valence-electron chi connectivity index (χ2n) is 6.53. The number of sulfonamides is 1. The third-order valence-corrected chi connectivity index (χ3v) is 7.60. The first-order valence-corrected chi connectivity index (χ1v) is 10.6. The van der Waals surface area contributed by atoms with Crippen molar-refractivity contribution in [1.82, 2.24) is 9.21 Å². The smallest absolute Gasteiger partial charge is 0.244 e. The van der Waals surface area contributed by atoms with Crippen molar-refractivity contribution in [1.29, 1.82) is 0 Å². The van der Waals surface area contributed by atoms with Crippen LogP contribution in [0, 0.1) is 13.8 Å². The molecule has 134 valence electrons. The summed E-state index contributed by atoms with van der Waals surface area (Å²) in [6, 6.07) is 13.9. The molecule has 25 heavy (non-hydrogen) atoms. The predicted octanol–water partition coefficient (Wildman–Crippen LogP) is 3.57. The molecule has 0 aliphatic carbocycles. The van der Waals surface area contributed by atoms with Gasteiger partial charge in [0.25, 0.3) is 0 Å². The molecule has 1 aliphatic rings. The van der Waals surface area contributed by atoms with Gasteiger partial charge in [0.1, 0.15) is 0 Å². The van der Waals surface area contributed by atoms with Gasteiger partial charge in [-0.05, 0) is 58.6 Å². The Kier molecular flexibility index (Phi) is 5.63. The standard InChI is InChI=1S/C19H23BrN2O2S/c1-15-12-18(20)19(13-16(15)2)25(23,24)22-10-8-21(9-11-22)14-17-6-4-3-5-7-17/h3-7,12-13H,8-11,14H2,1-2H3. The Morgan fingerprint density at radius 3 is 2.20 bits per heavy atom. The van der Waals surface area contributed by atoms with Gasteiger partial charge in [0.05, 0.1) is 4.90 Å². The monoisotopic (exact) mass is 422 g/mol. The molecule has 4 nitrogen and oxygen atoms in total. The Balaban J connectivity index is 1.71. The molecule has 6 heteroatoms. The van der Waals surface area contributed by atoms with Gasteiger partial charge in [-0.3, -0.25) is 4.90 Å². The summed E-state index contributed by atoms with van der Waals surface area (Å²) < 4.78 is 28.3. The molecule has 0 bridgehead atoms. The number of hydrogen-bond acceptors (Lipinski definition) is 3. The van der Waals surface area contributed by atoms with Gasteiger partial charge in [0.2, 0.25) is 10.0 Å². The van der Waals surface area contributed by atoms with E-state index in [4.69, 9.17) is 0 Å². The van der Waals surface area contributed by atoms with Gasteiger partial charge in [0.15, 0.2) is 0 Å². The van der Waals surface area contributed by atoms with Crippen molar-refractivity contribution >= 4 is 26.0 Å². The molecule has 1 fully saturated rings. The minimum Gasteiger partial charge on any atom is -0.296 e. The summed E-state index contributed by atoms with van der Waals surface area (Å²) in [5, 5.41) is 0. The van der Waals surface area contributed by atoms with Crippen molar-refractivity contribution in [2.45, 2.75) is 25.3 Å². The molecule has 0 spiro atoms. The predicted molar refractivity (Wildman–Crippen MR) is 104 cm³/mol. The van der Waals surface area contributed by atoms with Crippen molar-refractivity contribution in [2.75, 3.05) is 26.2 Å². The first-order chi connectivity index (χ1) is 11.9. The van der Waals surface area contributed by atoms with E-state index < -0.39 is 10.0 Å². The lowest BCUT2D eigenvalue weighted by atomic mass is 10.1. The van der Waals surface area contributed by atoms with E-state index in [-0.39, 0.29) is 0 Å². The van der Waals surface area contributed by atoms with Gasteiger partial charge in [-0.15, -0.1) is 0 Å². The van der Waals surface area contributed by atoms with Crippen LogP contribution in [0.1, 0.15) is 16.7 Å². The van der Waals surface area contributed by atoms with E-state index >= 15 is 0 Å². The molecule has 1 saturated heterocycles. The van der Waals surface area contributed by atoms with Crippen molar-refractivity contribution < 1.29 is 8.42 Å². The van der Waals surface area contributed by atoms with Crippen LogP contribution in [0.3, 0.4) is 0 Å². The number of nitrogens with zero attached hydrogens (tertiary/aromatic N) is 2. The highest BCUT2D eigenvalue weighted by atomic mass is 79.9. The fraction of sp³-hybridized carbons (Fsp3) is 0.368. The van der Waals surface area contributed by atoms with Crippen LogP contribution < -0.4 is 0 Å². The number of piperazine rings is 1. The third kappa shape index (κ3) is 4.14. The van der Waals surface area contributed by atoms with Crippen molar-refractivity contribution in [3.8, 4) is 0 Å². The number of aryl methyl sites for hydroxylation is 2. The van der Waals surface area contributed by atoms with Crippen LogP contribution >= 0.6 is 15.9 Å². The van der Waals surface area contributed by atoms with Crippen molar-refractivity contribution in [3.63, 3.8) is 0 Å². The van der Waals surface area contributed by atoms with E-state index in [1.54, 1.807) is 10.4 Å². The van der Waals surface area contributed by atoms with Crippen LogP contribution in [0.2, 0.25) is 0 Å². The normalized spacial score (nSPS) is 16.9. The maximum atomic E-state index is 13.0. The topological polar surface area (TPSA) is 40.6 Å². The average Bonchev–Trinajstić information content (AvgIpc) is 2.59. The molecule has 0 radical (unpaired) electrons. The van der Waals surface area contributed by atoms with E-state index in [2.05, 4.69) is 33.0 Å². The summed E-state index contributed by atoms with van der Waals surface area (Å²) in [5.74, 6) is 0. The second kappa shape index (κ2) is 7.58. The molecule has 0 aromatic heterocycles. The molecule has 2 aromatic rings. The van der Waals surface area contributed by atoms with Crippen LogP contribution in [0.5, 0.6) is 0 Å². The van der Waals surface area contributed by atoms with Crippen LogP contribution in [0.15, 0.2) is 51.8 Å². The zero-order valence-electron chi connectivity index (χ0n) is 14.6. The van der Waals surface area contributed by atoms with Crippen LogP contribution in [-0.4, -0.2) is 43.8 Å². The van der Waals surface area contributed by atoms with Gasteiger partial charge in [0, 0.05) is 37.2 Å². The quantitative estimate of drug-likeness (QED) is 0.755. The Morgan fingerprint density at radius 1 is 0.960 bits per heavy atom. The highest BCUT2D eigenvalue weighted by Gasteiger charge is 2.30. The van der Waals surface area contributed by atoms with Crippen LogP contribution in [0.25, 0.3) is 0 Å². The SMILES string of the molecule is Cc1cc(Br)c(S(=O)(=O)N2CCN(Cc3ccccc3)CC2)cc1C. The molecule has 0 atom stereocenters. The Hall–Kier alpha value is -1.21. The molecule has 0 saturated carbocycles. The number of rotatable bonds is 4. The number of benzene rings is 2. The van der Waals surface area contributed by atoms with E-state index in [9.17, 15) is 8.42 Å². The maximum Gasteiger partial charge on any atom is 0.244 e. The largest absolute Gasteiger partial charge is 0.296 e. The first-order valence-electron chi connectivity index (χ1n) is 8.41. The number of hydrogen-bond donors (Lipinski definition) is 0. The molecule has 2 aromatic carbocycles. The Labute approximate surface area is 158 Å². The maximum absolute atomic E-state index is 13.0. The van der Waals surface area contributed by atoms with Gasteiger partial charge in [-0.25, -0.2) is 8.42 Å². The summed E-state index contributed by atoms with van der Waals surface area (Å²) in [6.07, 6.45) is 0. The van der Waals surface area contributed by atoms with E-state index in [0.29, 0.717) is 22.5 Å². The van der Waals surface area contributed by atoms with E-state index in [0.717, 1.165) is 30.8 Å². The van der Waals surface area contributed by atoms with E-state index in [1.807, 2.05) is 38.1 Å². The van der Waals surface area contributed by atoms with Gasteiger partial charge < -0.3 is 0 Å². The van der Waals surface area contributed by atoms with Gasteiger partial charge in [-0.1, -0.05) is 30.3 Å². The summed E-state index contributed by atoms with van der Waals surface area (Å²) in [4.78, 5) is 2.67. The number of halogens is 1. The summed E-state index contributed by atoms with van der Waals surface area (Å²) >= 11 is 3.42. The molecule has 0 amide bonds. The van der Waals surface area contributed by atoms with Crippen LogP contribution in [0.4, 0.5) is 0 Å². The summed E-state index contributed by atoms with van der Waals surface area (Å²) in [7, 11) is -3.47. The Bertz CT molecular complexity index is 845. The zero-order valence-corrected chi connectivity index (χ0v) is 17.0. The van der Waals surface area contributed by atoms with Gasteiger partial charge in [-0.2, -0.15) is 4.31 Å². The molecule has 1 aliphatic heterocycles. The molecule has 1 heterocycles. The molecule has 0 unspecified atom stereocenters. The fourth-order valence-corrected chi connectivity index (χ4v) is 5.69. The lowest BCUT2D eigenvalue weighted by Crippen LogP contribution is -2.48. The average molecular weight is 423 g/mol. The fourth-order valence-electron chi connectivity index (χ4n) is 3.06. The van der Waals surface area contributed by atoms with Crippen LogP contribution in [-0.2, 0) is 16.6 Å². The zero-order chi connectivity index (χ0) is 18.0. The molecule has 3 rings (SSSR count). The Morgan fingerprint density at radius 2 is 1.56 bits per heavy atom. The third-order valence-electron chi connectivity index (χ3n) is 4.75. The molecular weight excluding hydrogens is 400 g/mol. The molecule has 0 N–H and O–H groups in total. The molecular formula is C19H23BrN2O2S. The summed E-state index contributed by atoms with van der Waals surface area (Å²) in [5.41, 5.74) is 3.33. The van der Waals surface area contributed by atoms with E-state index in [1.165, 1.54) is 5.56 Å². The van der Waals surface area contributed by atoms with Gasteiger partial charge >= 0.3 is 0 Å². The second-order valence-corrected chi connectivity index (χ2v) is 9.29. The summed E-state index contributed by atoms with van der Waals surface area (Å²) in [6.45, 7) is 7.33. The lowest BCUT2D eigenvalue weighted by molar-refractivity contribution is 0.181. The van der Waals surface area contributed by atoms with Crippen molar-refractivity contribution in [2.24, 2.45) is 0 Å². The highest BCUT2D eigenvalue weighted by molar-refractivity contribution is 9.10. The first kappa shape index (κ1) is 18.6. The van der Waals surface area contributed by atoms with Crippen molar-refractivity contribution in [3.05, 3.63) is 63.6 Å². The minimum absolute atomic E-state index is 0.368. The lowest BCUT2D eigenvalue weighted by Gasteiger charge is -2.34.